The summed E-state index contributed by atoms with van der Waals surface area (Å²) in [7, 11) is -1.28. The van der Waals surface area contributed by atoms with Gasteiger partial charge in [0.25, 0.3) is 0 Å². The SMILES string of the molecule is CC1(C)OB(c2cc(F)ncc2C(F)(F)F)OC1(C)C. The minimum absolute atomic E-state index is 0.399. The summed E-state index contributed by atoms with van der Waals surface area (Å²) >= 11 is 0. The lowest BCUT2D eigenvalue weighted by molar-refractivity contribution is -0.137. The monoisotopic (exact) mass is 291 g/mol. The van der Waals surface area contributed by atoms with Crippen molar-refractivity contribution in [1.82, 2.24) is 4.98 Å². The molecule has 110 valence electrons. The highest BCUT2D eigenvalue weighted by Crippen LogP contribution is 2.38. The first-order valence-corrected chi connectivity index (χ1v) is 6.02. The van der Waals surface area contributed by atoms with Crippen LogP contribution in [0.5, 0.6) is 0 Å². The Bertz CT molecular complexity index is 515. The van der Waals surface area contributed by atoms with Crippen molar-refractivity contribution in [2.45, 2.75) is 45.1 Å². The van der Waals surface area contributed by atoms with Gasteiger partial charge in [0.15, 0.2) is 0 Å². The number of hydrogen-bond acceptors (Lipinski definition) is 3. The van der Waals surface area contributed by atoms with E-state index in [4.69, 9.17) is 9.31 Å². The number of alkyl halides is 3. The minimum atomic E-state index is -4.65. The standard InChI is InChI=1S/C12H14BF4NO2/c1-10(2)11(3,4)20-13(19-10)8-5-9(14)18-6-7(8)12(15,16)17/h5-6H,1-4H3. The molecular formula is C12H14BF4NO2. The van der Waals surface area contributed by atoms with E-state index >= 15 is 0 Å². The Kier molecular flexibility index (Phi) is 3.37. The van der Waals surface area contributed by atoms with E-state index in [-0.39, 0.29) is 0 Å². The molecule has 8 heteroatoms. The maximum Gasteiger partial charge on any atom is 0.495 e. The molecule has 3 nitrogen and oxygen atoms in total. The molecule has 2 rings (SSSR count). The summed E-state index contributed by atoms with van der Waals surface area (Å²) in [6, 6.07) is 0.699. The van der Waals surface area contributed by atoms with E-state index in [9.17, 15) is 17.6 Å². The Labute approximate surface area is 114 Å². The van der Waals surface area contributed by atoms with Crippen molar-refractivity contribution >= 4 is 12.6 Å². The number of pyridine rings is 1. The van der Waals surface area contributed by atoms with E-state index in [0.717, 1.165) is 0 Å². The smallest absolute Gasteiger partial charge is 0.399 e. The molecule has 0 saturated carbocycles. The second-order valence-electron chi connectivity index (χ2n) is 5.68. The fourth-order valence-corrected chi connectivity index (χ4v) is 1.85. The third-order valence-electron chi connectivity index (χ3n) is 3.72. The maximum absolute atomic E-state index is 13.2. The van der Waals surface area contributed by atoms with Crippen LogP contribution in [0.3, 0.4) is 0 Å². The number of aromatic nitrogens is 1. The molecule has 0 radical (unpaired) electrons. The summed E-state index contributed by atoms with van der Waals surface area (Å²) in [6.07, 6.45) is -4.20. The zero-order valence-electron chi connectivity index (χ0n) is 11.5. The van der Waals surface area contributed by atoms with E-state index in [1.54, 1.807) is 27.7 Å². The predicted octanol–water partition coefficient (Wildman–Crippen LogP) is 2.54. The topological polar surface area (TPSA) is 31.4 Å². The Hall–Kier alpha value is -1.15. The van der Waals surface area contributed by atoms with Gasteiger partial charge in [-0.3, -0.25) is 0 Å². The van der Waals surface area contributed by atoms with E-state index in [1.165, 1.54) is 0 Å². The van der Waals surface area contributed by atoms with Gasteiger partial charge in [-0.25, -0.2) is 4.98 Å². The van der Waals surface area contributed by atoms with Gasteiger partial charge in [-0.1, -0.05) is 0 Å². The normalized spacial score (nSPS) is 21.3. The first-order chi connectivity index (χ1) is 8.94. The molecule has 0 unspecified atom stereocenters. The van der Waals surface area contributed by atoms with Crippen molar-refractivity contribution < 1.29 is 26.9 Å². The quantitative estimate of drug-likeness (QED) is 0.452. The zero-order valence-corrected chi connectivity index (χ0v) is 11.5. The lowest BCUT2D eigenvalue weighted by atomic mass is 9.76. The second kappa shape index (κ2) is 4.43. The number of rotatable bonds is 1. The molecule has 1 aromatic heterocycles. The summed E-state index contributed by atoms with van der Waals surface area (Å²) in [4.78, 5) is 3.05. The van der Waals surface area contributed by atoms with Crippen molar-refractivity contribution in [3.63, 3.8) is 0 Å². The van der Waals surface area contributed by atoms with E-state index in [1.807, 2.05) is 0 Å². The molecule has 0 amide bonds. The van der Waals surface area contributed by atoms with Gasteiger partial charge in [-0.05, 0) is 33.8 Å². The fourth-order valence-electron chi connectivity index (χ4n) is 1.85. The van der Waals surface area contributed by atoms with Crippen molar-refractivity contribution in [3.05, 3.63) is 23.8 Å². The summed E-state index contributed by atoms with van der Waals surface area (Å²) in [5, 5.41) is 0. The van der Waals surface area contributed by atoms with Crippen LogP contribution in [0.2, 0.25) is 0 Å². The molecule has 2 heterocycles. The molecule has 0 bridgehead atoms. The Morgan fingerprint density at radius 3 is 2.05 bits per heavy atom. The van der Waals surface area contributed by atoms with Crippen LogP contribution in [0.4, 0.5) is 17.6 Å². The Balaban J connectivity index is 2.47. The van der Waals surface area contributed by atoms with Gasteiger partial charge in [0.05, 0.1) is 16.8 Å². The average molecular weight is 291 g/mol. The predicted molar refractivity (Wildman–Crippen MR) is 64.9 cm³/mol. The van der Waals surface area contributed by atoms with E-state index < -0.39 is 41.5 Å². The van der Waals surface area contributed by atoms with Crippen molar-refractivity contribution in [3.8, 4) is 0 Å². The first kappa shape index (κ1) is 15.2. The van der Waals surface area contributed by atoms with Crippen LogP contribution in [-0.2, 0) is 15.5 Å². The molecule has 0 spiro atoms. The van der Waals surface area contributed by atoms with E-state index in [2.05, 4.69) is 4.98 Å². The molecular weight excluding hydrogens is 277 g/mol. The first-order valence-electron chi connectivity index (χ1n) is 6.02. The van der Waals surface area contributed by atoms with Crippen molar-refractivity contribution in [2.75, 3.05) is 0 Å². The molecule has 0 N–H and O–H groups in total. The molecule has 1 aromatic rings. The van der Waals surface area contributed by atoms with Crippen LogP contribution in [0.15, 0.2) is 12.3 Å². The van der Waals surface area contributed by atoms with E-state index in [0.29, 0.717) is 12.3 Å². The molecule has 0 aliphatic carbocycles. The number of halogens is 4. The lowest BCUT2D eigenvalue weighted by Crippen LogP contribution is -2.41. The molecule has 20 heavy (non-hydrogen) atoms. The third kappa shape index (κ3) is 2.54. The van der Waals surface area contributed by atoms with Crippen LogP contribution in [-0.4, -0.2) is 23.3 Å². The summed E-state index contributed by atoms with van der Waals surface area (Å²) in [5.41, 5.74) is -3.07. The fraction of sp³-hybridized carbons (Fsp3) is 0.583. The number of hydrogen-bond donors (Lipinski definition) is 0. The van der Waals surface area contributed by atoms with Gasteiger partial charge in [-0.2, -0.15) is 17.6 Å². The van der Waals surface area contributed by atoms with Crippen LogP contribution in [0, 0.1) is 5.95 Å². The molecule has 1 aliphatic rings. The van der Waals surface area contributed by atoms with Gasteiger partial charge < -0.3 is 9.31 Å². The second-order valence-corrected chi connectivity index (χ2v) is 5.68. The zero-order chi connectivity index (χ0) is 15.3. The average Bonchev–Trinajstić information content (AvgIpc) is 2.46. The molecule has 0 atom stereocenters. The Morgan fingerprint density at radius 1 is 1.10 bits per heavy atom. The Morgan fingerprint density at radius 2 is 1.60 bits per heavy atom. The summed E-state index contributed by atoms with van der Waals surface area (Å²) in [5.74, 6) is -1.01. The van der Waals surface area contributed by atoms with Gasteiger partial charge in [-0.15, -0.1) is 0 Å². The summed E-state index contributed by atoms with van der Waals surface area (Å²) in [6.45, 7) is 6.82. The summed E-state index contributed by atoms with van der Waals surface area (Å²) < 4.78 is 63.1. The van der Waals surface area contributed by atoms with Gasteiger partial charge in [0.1, 0.15) is 0 Å². The number of nitrogens with zero attached hydrogens (tertiary/aromatic N) is 1. The van der Waals surface area contributed by atoms with Crippen molar-refractivity contribution in [2.24, 2.45) is 0 Å². The maximum atomic E-state index is 13.2. The van der Waals surface area contributed by atoms with Crippen LogP contribution in [0.25, 0.3) is 0 Å². The molecule has 1 aliphatic heterocycles. The largest absolute Gasteiger partial charge is 0.495 e. The third-order valence-corrected chi connectivity index (χ3v) is 3.72. The molecule has 1 saturated heterocycles. The highest BCUT2D eigenvalue weighted by atomic mass is 19.4. The van der Waals surface area contributed by atoms with Gasteiger partial charge in [0, 0.05) is 11.7 Å². The van der Waals surface area contributed by atoms with Gasteiger partial charge in [0.2, 0.25) is 5.95 Å². The van der Waals surface area contributed by atoms with Crippen LogP contribution < -0.4 is 5.46 Å². The van der Waals surface area contributed by atoms with Crippen LogP contribution >= 0.6 is 0 Å². The highest BCUT2D eigenvalue weighted by Gasteiger charge is 2.53. The molecule has 1 fully saturated rings. The van der Waals surface area contributed by atoms with Crippen LogP contribution in [0.1, 0.15) is 33.3 Å². The highest BCUT2D eigenvalue weighted by molar-refractivity contribution is 6.62. The minimum Gasteiger partial charge on any atom is -0.399 e. The molecule has 0 aromatic carbocycles. The lowest BCUT2D eigenvalue weighted by Gasteiger charge is -2.32. The van der Waals surface area contributed by atoms with Gasteiger partial charge >= 0.3 is 13.3 Å². The van der Waals surface area contributed by atoms with Crippen molar-refractivity contribution in [1.29, 1.82) is 0 Å².